The minimum atomic E-state index is 0.546. The van der Waals surface area contributed by atoms with Crippen molar-refractivity contribution >= 4 is 17.5 Å². The van der Waals surface area contributed by atoms with Gasteiger partial charge in [-0.3, -0.25) is 0 Å². The molecule has 1 fully saturated rings. The maximum absolute atomic E-state index is 5.95. The Labute approximate surface area is 140 Å². The predicted molar refractivity (Wildman–Crippen MR) is 94.9 cm³/mol. The number of rotatable bonds is 6. The van der Waals surface area contributed by atoms with E-state index in [1.54, 1.807) is 6.20 Å². The minimum absolute atomic E-state index is 0.546. The molecule has 4 rings (SSSR count). The third-order valence-electron chi connectivity index (χ3n) is 3.69. The van der Waals surface area contributed by atoms with Crippen LogP contribution in [0.2, 0.25) is 0 Å². The SMILES string of the molecule is c1ccc(Oc2ccccc2Nc2nccc(NC3CC3)n2)cc1. The van der Waals surface area contributed by atoms with Crippen molar-refractivity contribution in [3.63, 3.8) is 0 Å². The molecule has 0 atom stereocenters. The number of anilines is 3. The molecule has 24 heavy (non-hydrogen) atoms. The van der Waals surface area contributed by atoms with Gasteiger partial charge in [-0.05, 0) is 43.2 Å². The third-order valence-corrected chi connectivity index (χ3v) is 3.69. The molecule has 1 aliphatic rings. The van der Waals surface area contributed by atoms with Crippen LogP contribution in [0.3, 0.4) is 0 Å². The molecule has 1 aliphatic carbocycles. The highest BCUT2D eigenvalue weighted by molar-refractivity contribution is 5.63. The fraction of sp³-hybridized carbons (Fsp3) is 0.158. The molecule has 120 valence electrons. The van der Waals surface area contributed by atoms with Gasteiger partial charge in [0, 0.05) is 12.2 Å². The molecular weight excluding hydrogens is 300 g/mol. The van der Waals surface area contributed by atoms with E-state index in [9.17, 15) is 0 Å². The normalized spacial score (nSPS) is 13.3. The Morgan fingerprint density at radius 3 is 2.54 bits per heavy atom. The lowest BCUT2D eigenvalue weighted by Gasteiger charge is -2.12. The molecule has 5 nitrogen and oxygen atoms in total. The van der Waals surface area contributed by atoms with Crippen molar-refractivity contribution in [3.8, 4) is 11.5 Å². The number of nitrogens with one attached hydrogen (secondary N) is 2. The Bertz CT molecular complexity index is 818. The summed E-state index contributed by atoms with van der Waals surface area (Å²) in [6.45, 7) is 0. The molecule has 0 unspecified atom stereocenters. The van der Waals surface area contributed by atoms with E-state index in [1.807, 2.05) is 60.7 Å². The number of hydrogen-bond donors (Lipinski definition) is 2. The van der Waals surface area contributed by atoms with Crippen LogP contribution in [0.4, 0.5) is 17.5 Å². The Hall–Kier alpha value is -3.08. The summed E-state index contributed by atoms with van der Waals surface area (Å²) < 4.78 is 5.95. The molecular formula is C19H18N4O. The van der Waals surface area contributed by atoms with Gasteiger partial charge >= 0.3 is 0 Å². The Balaban J connectivity index is 1.54. The zero-order chi connectivity index (χ0) is 16.2. The van der Waals surface area contributed by atoms with Gasteiger partial charge < -0.3 is 15.4 Å². The Morgan fingerprint density at radius 1 is 0.917 bits per heavy atom. The van der Waals surface area contributed by atoms with E-state index in [2.05, 4.69) is 20.6 Å². The molecule has 5 heteroatoms. The van der Waals surface area contributed by atoms with Crippen LogP contribution in [0.5, 0.6) is 11.5 Å². The summed E-state index contributed by atoms with van der Waals surface area (Å²) in [7, 11) is 0. The third kappa shape index (κ3) is 3.63. The van der Waals surface area contributed by atoms with Gasteiger partial charge in [0.2, 0.25) is 5.95 Å². The summed E-state index contributed by atoms with van der Waals surface area (Å²) in [5, 5.41) is 6.61. The first-order valence-electron chi connectivity index (χ1n) is 8.05. The van der Waals surface area contributed by atoms with E-state index < -0.39 is 0 Å². The number of benzene rings is 2. The molecule has 0 amide bonds. The van der Waals surface area contributed by atoms with E-state index in [0.29, 0.717) is 12.0 Å². The van der Waals surface area contributed by atoms with Gasteiger partial charge in [-0.2, -0.15) is 4.98 Å². The van der Waals surface area contributed by atoms with E-state index in [1.165, 1.54) is 12.8 Å². The molecule has 1 heterocycles. The molecule has 0 spiro atoms. The average molecular weight is 318 g/mol. The van der Waals surface area contributed by atoms with Crippen LogP contribution in [0.15, 0.2) is 66.9 Å². The van der Waals surface area contributed by atoms with Crippen LogP contribution >= 0.6 is 0 Å². The van der Waals surface area contributed by atoms with Crippen molar-refractivity contribution in [2.24, 2.45) is 0 Å². The number of nitrogens with zero attached hydrogens (tertiary/aromatic N) is 2. The van der Waals surface area contributed by atoms with Crippen LogP contribution in [0.25, 0.3) is 0 Å². The molecule has 0 bridgehead atoms. The van der Waals surface area contributed by atoms with Crippen LogP contribution in [-0.2, 0) is 0 Å². The van der Waals surface area contributed by atoms with Crippen molar-refractivity contribution in [1.82, 2.24) is 9.97 Å². The topological polar surface area (TPSA) is 59.1 Å². The van der Waals surface area contributed by atoms with Crippen LogP contribution in [0, 0.1) is 0 Å². The highest BCUT2D eigenvalue weighted by Gasteiger charge is 2.21. The first-order chi connectivity index (χ1) is 11.9. The van der Waals surface area contributed by atoms with Crippen molar-refractivity contribution in [2.45, 2.75) is 18.9 Å². The molecule has 0 saturated heterocycles. The number of para-hydroxylation sites is 3. The zero-order valence-corrected chi connectivity index (χ0v) is 13.1. The van der Waals surface area contributed by atoms with Crippen molar-refractivity contribution in [3.05, 3.63) is 66.9 Å². The van der Waals surface area contributed by atoms with Crippen molar-refractivity contribution in [1.29, 1.82) is 0 Å². The molecule has 2 aromatic carbocycles. The highest BCUT2D eigenvalue weighted by Crippen LogP contribution is 2.31. The largest absolute Gasteiger partial charge is 0.455 e. The smallest absolute Gasteiger partial charge is 0.229 e. The lowest BCUT2D eigenvalue weighted by Crippen LogP contribution is -2.05. The first-order valence-corrected chi connectivity index (χ1v) is 8.05. The molecule has 0 aliphatic heterocycles. The zero-order valence-electron chi connectivity index (χ0n) is 13.1. The Morgan fingerprint density at radius 2 is 1.71 bits per heavy atom. The molecule has 1 aromatic heterocycles. The second-order valence-corrected chi connectivity index (χ2v) is 5.72. The summed E-state index contributed by atoms with van der Waals surface area (Å²) in [5.74, 6) is 2.91. The van der Waals surface area contributed by atoms with E-state index in [0.717, 1.165) is 23.0 Å². The second-order valence-electron chi connectivity index (χ2n) is 5.72. The fourth-order valence-electron chi connectivity index (χ4n) is 2.33. The summed E-state index contributed by atoms with van der Waals surface area (Å²) in [6.07, 6.45) is 4.17. The van der Waals surface area contributed by atoms with Crippen LogP contribution in [0.1, 0.15) is 12.8 Å². The van der Waals surface area contributed by atoms with Crippen LogP contribution in [-0.4, -0.2) is 16.0 Å². The van der Waals surface area contributed by atoms with Gasteiger partial charge in [-0.25, -0.2) is 4.98 Å². The van der Waals surface area contributed by atoms with Gasteiger partial charge in [0.25, 0.3) is 0 Å². The summed E-state index contributed by atoms with van der Waals surface area (Å²) >= 11 is 0. The van der Waals surface area contributed by atoms with Gasteiger partial charge in [-0.1, -0.05) is 30.3 Å². The van der Waals surface area contributed by atoms with Gasteiger partial charge in [0.05, 0.1) is 5.69 Å². The van der Waals surface area contributed by atoms with E-state index in [-0.39, 0.29) is 0 Å². The monoisotopic (exact) mass is 318 g/mol. The average Bonchev–Trinajstić information content (AvgIpc) is 3.42. The lowest BCUT2D eigenvalue weighted by atomic mass is 10.3. The molecule has 3 aromatic rings. The van der Waals surface area contributed by atoms with Gasteiger partial charge in [0.1, 0.15) is 11.6 Å². The number of aromatic nitrogens is 2. The number of ether oxygens (including phenoxy) is 1. The maximum Gasteiger partial charge on any atom is 0.229 e. The predicted octanol–water partition coefficient (Wildman–Crippen LogP) is 4.59. The van der Waals surface area contributed by atoms with Gasteiger partial charge in [-0.15, -0.1) is 0 Å². The van der Waals surface area contributed by atoms with Gasteiger partial charge in [0.15, 0.2) is 5.75 Å². The standard InChI is InChI=1S/C19H18N4O/c1-2-6-15(7-3-1)24-17-9-5-4-8-16(17)22-19-20-13-12-18(23-19)21-14-10-11-14/h1-9,12-14H,10-11H2,(H2,20,21,22,23). The second kappa shape index (κ2) is 6.58. The molecule has 2 N–H and O–H groups in total. The minimum Gasteiger partial charge on any atom is -0.455 e. The Kier molecular flexibility index (Phi) is 3.98. The highest BCUT2D eigenvalue weighted by atomic mass is 16.5. The van der Waals surface area contributed by atoms with Crippen LogP contribution < -0.4 is 15.4 Å². The lowest BCUT2D eigenvalue weighted by molar-refractivity contribution is 0.485. The van der Waals surface area contributed by atoms with E-state index >= 15 is 0 Å². The molecule has 0 radical (unpaired) electrons. The quantitative estimate of drug-likeness (QED) is 0.696. The van der Waals surface area contributed by atoms with Crippen molar-refractivity contribution < 1.29 is 4.74 Å². The maximum atomic E-state index is 5.95. The fourth-order valence-corrected chi connectivity index (χ4v) is 2.33. The first kappa shape index (κ1) is 14.5. The van der Waals surface area contributed by atoms with E-state index in [4.69, 9.17) is 4.74 Å². The number of hydrogen-bond acceptors (Lipinski definition) is 5. The van der Waals surface area contributed by atoms with Crippen molar-refractivity contribution in [2.75, 3.05) is 10.6 Å². The summed E-state index contributed by atoms with van der Waals surface area (Å²) in [5.41, 5.74) is 0.824. The molecule has 1 saturated carbocycles. The summed E-state index contributed by atoms with van der Waals surface area (Å²) in [6, 6.07) is 19.9. The summed E-state index contributed by atoms with van der Waals surface area (Å²) in [4.78, 5) is 8.80.